The van der Waals surface area contributed by atoms with E-state index in [2.05, 4.69) is 9.88 Å². The Kier molecular flexibility index (Phi) is 6.88. The fourth-order valence-electron chi connectivity index (χ4n) is 3.17. The van der Waals surface area contributed by atoms with E-state index in [1.165, 1.54) is 6.07 Å². The molecule has 1 aliphatic heterocycles. The van der Waals surface area contributed by atoms with Crippen molar-refractivity contribution in [2.75, 3.05) is 25.4 Å². The zero-order valence-electron chi connectivity index (χ0n) is 15.8. The Hall–Kier alpha value is -1.37. The van der Waals surface area contributed by atoms with E-state index in [9.17, 15) is 14.7 Å². The van der Waals surface area contributed by atoms with Crippen LogP contribution in [-0.2, 0) is 0 Å². The SMILES string of the molecule is CC(C)(C)C(O)CN1CCC(CCC(=O)c2cc(Cl)c(N)[nH]c2=O)CC1. The molecule has 0 spiro atoms. The molecule has 1 fully saturated rings. The summed E-state index contributed by atoms with van der Waals surface area (Å²) in [6, 6.07) is 1.36. The topological polar surface area (TPSA) is 99.4 Å². The number of carbonyl (C=O) groups excluding carboxylic acids is 1. The number of aliphatic hydroxyl groups excluding tert-OH is 1. The number of nitrogens with two attached hydrogens (primary N) is 1. The van der Waals surface area contributed by atoms with Crippen LogP contribution in [0.15, 0.2) is 10.9 Å². The normalized spacial score (nSPS) is 18.0. The monoisotopic (exact) mass is 383 g/mol. The van der Waals surface area contributed by atoms with E-state index in [1.54, 1.807) is 0 Å². The first-order valence-corrected chi connectivity index (χ1v) is 9.57. The van der Waals surface area contributed by atoms with Crippen molar-refractivity contribution >= 4 is 23.2 Å². The number of aromatic amines is 1. The van der Waals surface area contributed by atoms with E-state index in [0.717, 1.165) is 32.4 Å². The number of pyridine rings is 1. The first kappa shape index (κ1) is 20.9. The van der Waals surface area contributed by atoms with Crippen molar-refractivity contribution in [1.82, 2.24) is 9.88 Å². The number of Topliss-reactive ketones (excluding diaryl/α,β-unsaturated/α-hetero) is 1. The number of anilines is 1. The fraction of sp³-hybridized carbons (Fsp3) is 0.684. The highest BCUT2D eigenvalue weighted by Crippen LogP contribution is 2.26. The smallest absolute Gasteiger partial charge is 0.260 e. The van der Waals surface area contributed by atoms with Gasteiger partial charge in [-0.3, -0.25) is 9.59 Å². The maximum absolute atomic E-state index is 12.3. The molecule has 0 amide bonds. The molecule has 1 atom stereocenters. The summed E-state index contributed by atoms with van der Waals surface area (Å²) in [6.45, 7) is 8.68. The maximum atomic E-state index is 12.3. The van der Waals surface area contributed by atoms with Crippen LogP contribution in [0.3, 0.4) is 0 Å². The van der Waals surface area contributed by atoms with E-state index in [1.807, 2.05) is 20.8 Å². The number of nitrogens with one attached hydrogen (secondary N) is 1. The number of β-amino-alcohol motifs (C(OH)–C–C–N with tert-alkyl or cyclic N) is 1. The Morgan fingerprint density at radius 3 is 2.62 bits per heavy atom. The molecular formula is C19H30ClN3O3. The Bertz CT molecular complexity index is 688. The highest BCUT2D eigenvalue weighted by atomic mass is 35.5. The van der Waals surface area contributed by atoms with Crippen LogP contribution in [0, 0.1) is 11.3 Å². The number of H-pyrrole nitrogens is 1. The van der Waals surface area contributed by atoms with Gasteiger partial charge in [-0.2, -0.15) is 0 Å². The first-order chi connectivity index (χ1) is 12.1. The van der Waals surface area contributed by atoms with Crippen LogP contribution >= 0.6 is 11.6 Å². The van der Waals surface area contributed by atoms with Crippen LogP contribution in [-0.4, -0.2) is 46.5 Å². The van der Waals surface area contributed by atoms with E-state index >= 15 is 0 Å². The Balaban J connectivity index is 1.81. The number of nitrogen functional groups attached to an aromatic ring is 1. The molecule has 0 saturated carbocycles. The molecule has 1 aromatic rings. The summed E-state index contributed by atoms with van der Waals surface area (Å²) in [5.74, 6) is 0.349. The highest BCUT2D eigenvalue weighted by Gasteiger charge is 2.27. The van der Waals surface area contributed by atoms with Crippen LogP contribution in [0.2, 0.25) is 5.02 Å². The molecule has 7 heteroatoms. The number of halogens is 1. The summed E-state index contributed by atoms with van der Waals surface area (Å²) in [5, 5.41) is 10.4. The Morgan fingerprint density at radius 2 is 2.04 bits per heavy atom. The molecule has 1 saturated heterocycles. The molecule has 0 aliphatic carbocycles. The lowest BCUT2D eigenvalue weighted by molar-refractivity contribution is 0.0184. The van der Waals surface area contributed by atoms with Crippen LogP contribution in [0.4, 0.5) is 5.82 Å². The quantitative estimate of drug-likeness (QED) is 0.656. The van der Waals surface area contributed by atoms with Crippen molar-refractivity contribution < 1.29 is 9.90 Å². The molecule has 1 unspecified atom stereocenters. The van der Waals surface area contributed by atoms with Crippen LogP contribution in [0.5, 0.6) is 0 Å². The Labute approximate surface area is 159 Å². The lowest BCUT2D eigenvalue weighted by Gasteiger charge is -2.36. The van der Waals surface area contributed by atoms with E-state index < -0.39 is 5.56 Å². The molecule has 1 aliphatic rings. The van der Waals surface area contributed by atoms with Gasteiger partial charge in [0.2, 0.25) is 0 Å². The number of rotatable bonds is 6. The van der Waals surface area contributed by atoms with Gasteiger partial charge in [0.15, 0.2) is 5.78 Å². The first-order valence-electron chi connectivity index (χ1n) is 9.20. The third-order valence-corrected chi connectivity index (χ3v) is 5.55. The van der Waals surface area contributed by atoms with Crippen molar-refractivity contribution in [2.45, 2.75) is 52.6 Å². The molecule has 1 aromatic heterocycles. The highest BCUT2D eigenvalue weighted by molar-refractivity contribution is 6.33. The Morgan fingerprint density at radius 1 is 1.42 bits per heavy atom. The van der Waals surface area contributed by atoms with E-state index in [0.29, 0.717) is 18.9 Å². The third kappa shape index (κ3) is 5.56. The number of aromatic nitrogens is 1. The molecule has 4 N–H and O–H groups in total. The second-order valence-corrected chi connectivity index (χ2v) is 8.77. The predicted molar refractivity (Wildman–Crippen MR) is 105 cm³/mol. The molecule has 2 heterocycles. The number of piperidine rings is 1. The van der Waals surface area contributed by atoms with Gasteiger partial charge in [-0.1, -0.05) is 32.4 Å². The van der Waals surface area contributed by atoms with Gasteiger partial charge < -0.3 is 20.7 Å². The summed E-state index contributed by atoms with van der Waals surface area (Å²) in [5.41, 5.74) is 5.01. The minimum atomic E-state index is -0.483. The molecule has 6 nitrogen and oxygen atoms in total. The maximum Gasteiger partial charge on any atom is 0.260 e. The third-order valence-electron chi connectivity index (χ3n) is 5.24. The number of aliphatic hydroxyl groups is 1. The number of ketones is 1. The summed E-state index contributed by atoms with van der Waals surface area (Å²) < 4.78 is 0. The zero-order valence-corrected chi connectivity index (χ0v) is 16.6. The predicted octanol–water partition coefficient (Wildman–Crippen LogP) is 2.69. The fourth-order valence-corrected chi connectivity index (χ4v) is 3.33. The molecule has 0 aromatic carbocycles. The van der Waals surface area contributed by atoms with Gasteiger partial charge in [0.25, 0.3) is 5.56 Å². The number of carbonyl (C=O) groups is 1. The van der Waals surface area contributed by atoms with Crippen molar-refractivity contribution in [2.24, 2.45) is 11.3 Å². The lowest BCUT2D eigenvalue weighted by atomic mass is 9.87. The van der Waals surface area contributed by atoms with Crippen molar-refractivity contribution in [1.29, 1.82) is 0 Å². The van der Waals surface area contributed by atoms with Crippen LogP contribution < -0.4 is 11.3 Å². The van der Waals surface area contributed by atoms with Crippen molar-refractivity contribution in [3.05, 3.63) is 27.0 Å². The average Bonchev–Trinajstić information content (AvgIpc) is 2.56. The minimum Gasteiger partial charge on any atom is -0.391 e. The number of likely N-dealkylation sites (tertiary alicyclic amines) is 1. The molecule has 0 bridgehead atoms. The number of nitrogens with zero attached hydrogens (tertiary/aromatic N) is 1. The van der Waals surface area contributed by atoms with Gasteiger partial charge in [-0.15, -0.1) is 0 Å². The van der Waals surface area contributed by atoms with Crippen molar-refractivity contribution in [3.8, 4) is 0 Å². The summed E-state index contributed by atoms with van der Waals surface area (Å²) in [7, 11) is 0. The van der Waals surface area contributed by atoms with Gasteiger partial charge in [0.1, 0.15) is 5.82 Å². The van der Waals surface area contributed by atoms with Gasteiger partial charge >= 0.3 is 0 Å². The lowest BCUT2D eigenvalue weighted by Crippen LogP contribution is -2.43. The molecule has 0 radical (unpaired) electrons. The molecule has 146 valence electrons. The van der Waals surface area contributed by atoms with Crippen LogP contribution in [0.25, 0.3) is 0 Å². The summed E-state index contributed by atoms with van der Waals surface area (Å²) >= 11 is 5.89. The van der Waals surface area contributed by atoms with Crippen molar-refractivity contribution in [3.63, 3.8) is 0 Å². The molecule has 26 heavy (non-hydrogen) atoms. The van der Waals surface area contributed by atoms with Gasteiger partial charge in [-0.25, -0.2) is 0 Å². The largest absolute Gasteiger partial charge is 0.391 e. The summed E-state index contributed by atoms with van der Waals surface area (Å²) in [6.07, 6.45) is 2.75. The van der Waals surface area contributed by atoms with Gasteiger partial charge in [-0.05, 0) is 49.8 Å². The standard InChI is InChI=1S/C19H30ClN3O3/c1-19(2,3)16(25)11-23-8-6-12(7-9-23)4-5-15(24)13-10-14(20)17(21)22-18(13)26/h10,12,16,25H,4-9,11H2,1-3H3,(H3,21,22,26). The van der Waals surface area contributed by atoms with E-state index in [4.69, 9.17) is 17.3 Å². The molecular weight excluding hydrogens is 354 g/mol. The number of hydrogen-bond donors (Lipinski definition) is 3. The summed E-state index contributed by atoms with van der Waals surface area (Å²) in [4.78, 5) is 28.9. The number of hydrogen-bond acceptors (Lipinski definition) is 5. The molecule has 2 rings (SSSR count). The van der Waals surface area contributed by atoms with Crippen LogP contribution in [0.1, 0.15) is 56.8 Å². The van der Waals surface area contributed by atoms with E-state index in [-0.39, 0.29) is 33.7 Å². The van der Waals surface area contributed by atoms with Gasteiger partial charge in [0.05, 0.1) is 16.7 Å². The zero-order chi connectivity index (χ0) is 19.5. The van der Waals surface area contributed by atoms with Gasteiger partial charge in [0, 0.05) is 13.0 Å². The minimum absolute atomic E-state index is 0.0786. The second kappa shape index (κ2) is 8.55. The average molecular weight is 384 g/mol. The second-order valence-electron chi connectivity index (χ2n) is 8.36.